The summed E-state index contributed by atoms with van der Waals surface area (Å²) in [5, 5.41) is 15.2. The van der Waals surface area contributed by atoms with Gasteiger partial charge in [0.2, 0.25) is 10.0 Å². The van der Waals surface area contributed by atoms with Crippen LogP contribution in [0.25, 0.3) is 0 Å². The number of hydrogen-bond acceptors (Lipinski definition) is 17. The maximum absolute atomic E-state index is 12.9. The Hall–Kier alpha value is -0.151. The van der Waals surface area contributed by atoms with E-state index >= 15 is 0 Å². The van der Waals surface area contributed by atoms with E-state index in [2.05, 4.69) is 215 Å². The van der Waals surface area contributed by atoms with E-state index in [9.17, 15) is 18.5 Å². The molecular formula is C54H123N4O16SSi13+. The van der Waals surface area contributed by atoms with Gasteiger partial charge in [-0.25, -0.2) is 13.1 Å². The Balaban J connectivity index is 1.99. The highest BCUT2D eigenvalue weighted by molar-refractivity contribution is 7.89. The Bertz CT molecular complexity index is 2670. The first-order chi connectivity index (χ1) is 39.1. The topological polar surface area (TPSA) is 212 Å². The molecule has 0 unspecified atom stereocenters. The van der Waals surface area contributed by atoms with Crippen molar-refractivity contribution in [2.45, 2.75) is 247 Å². The summed E-state index contributed by atoms with van der Waals surface area (Å²) >= 11 is 0. The molecule has 0 aromatic heterocycles. The number of benzene rings is 2. The number of nitrogens with zero attached hydrogens (tertiary/aromatic N) is 2. The van der Waals surface area contributed by atoms with E-state index in [1.165, 1.54) is 18.6 Å². The fourth-order valence-corrected chi connectivity index (χ4v) is 80.4. The summed E-state index contributed by atoms with van der Waals surface area (Å²) in [4.78, 5) is 11.4. The number of rotatable bonds is 42. The van der Waals surface area contributed by atoms with Crippen LogP contribution in [0.4, 0.5) is 17.1 Å². The molecule has 0 aliphatic carbocycles. The number of unbranched alkanes of at least 4 members (excludes halogenated alkanes) is 1. The first kappa shape index (κ1) is 83.9. The van der Waals surface area contributed by atoms with Gasteiger partial charge in [-0.05, 0) is 232 Å². The molecule has 2 N–H and O–H groups in total. The zero-order valence-corrected chi connectivity index (χ0v) is 74.3. The number of nitro benzene ring substituents is 1. The average Bonchev–Trinajstić information content (AvgIpc) is 3.38. The van der Waals surface area contributed by atoms with Crippen LogP contribution in [0.3, 0.4) is 0 Å². The highest BCUT2D eigenvalue weighted by Gasteiger charge is 2.52. The lowest BCUT2D eigenvalue weighted by molar-refractivity contribution is -0.903. The number of hydrogen-bond donors (Lipinski definition) is 2. The van der Waals surface area contributed by atoms with E-state index in [-0.39, 0.29) is 22.8 Å². The van der Waals surface area contributed by atoms with Crippen LogP contribution in [0.15, 0.2) is 47.4 Å². The molecule has 0 atom stereocenters. The van der Waals surface area contributed by atoms with Gasteiger partial charge in [-0.2, -0.15) is 0 Å². The van der Waals surface area contributed by atoms with Crippen LogP contribution < -0.4 is 10.0 Å². The van der Waals surface area contributed by atoms with Gasteiger partial charge in [-0.3, -0.25) is 10.1 Å². The molecule has 0 bridgehead atoms. The summed E-state index contributed by atoms with van der Waals surface area (Å²) < 4.78 is 112. The van der Waals surface area contributed by atoms with Crippen molar-refractivity contribution in [2.24, 2.45) is 5.92 Å². The Kier molecular flexibility index (Phi) is 30.3. The molecular weight excluding hydrogens is 1360 g/mol. The van der Waals surface area contributed by atoms with Crippen molar-refractivity contribution < 1.29 is 67.2 Å². The first-order valence-electron chi connectivity index (χ1n) is 31.5. The maximum atomic E-state index is 12.9. The van der Waals surface area contributed by atoms with Crippen LogP contribution in [0.5, 0.6) is 0 Å². The van der Waals surface area contributed by atoms with E-state index in [4.69, 9.17) is 49.4 Å². The molecule has 2 aromatic rings. The van der Waals surface area contributed by atoms with Gasteiger partial charge in [-0.15, -0.1) is 0 Å². The second-order valence-corrected chi connectivity index (χ2v) is 81.3. The predicted molar refractivity (Wildman–Crippen MR) is 392 cm³/mol. The largest absolute Gasteiger partial charge is 0.436 e. The van der Waals surface area contributed by atoms with Crippen molar-refractivity contribution in [1.29, 1.82) is 0 Å². The number of nitrogens with one attached hydrogen (secondary N) is 2. The molecule has 0 heterocycles. The van der Waals surface area contributed by atoms with E-state index in [1.807, 2.05) is 24.3 Å². The first-order valence-corrected chi connectivity index (χ1v) is 70.2. The molecule has 0 aliphatic rings. The highest BCUT2D eigenvalue weighted by Crippen LogP contribution is 2.35. The monoisotopic (exact) mass is 1480 g/mol. The fourth-order valence-electron chi connectivity index (χ4n) is 12.3. The van der Waals surface area contributed by atoms with Crippen molar-refractivity contribution in [1.82, 2.24) is 4.72 Å². The third-order valence-corrected chi connectivity index (χ3v) is 65.5. The van der Waals surface area contributed by atoms with Gasteiger partial charge in [0, 0.05) is 23.9 Å². The predicted octanol–water partition coefficient (Wildman–Crippen LogP) is 16.1. The Labute approximate surface area is 549 Å². The molecule has 0 amide bonds. The van der Waals surface area contributed by atoms with Crippen LogP contribution in [0.2, 0.25) is 182 Å². The van der Waals surface area contributed by atoms with Crippen molar-refractivity contribution in [3.05, 3.63) is 58.1 Å². The summed E-state index contributed by atoms with van der Waals surface area (Å²) in [6.45, 7) is 63.3. The minimum Gasteiger partial charge on any atom is -0.436 e. The molecule has 0 fully saturated rings. The van der Waals surface area contributed by atoms with Crippen molar-refractivity contribution in [3.63, 3.8) is 0 Å². The molecule has 20 nitrogen and oxygen atoms in total. The summed E-state index contributed by atoms with van der Waals surface area (Å²) in [7, 11) is -33.7. The van der Waals surface area contributed by atoms with E-state index in [0.29, 0.717) is 18.0 Å². The Morgan fingerprint density at radius 1 is 0.489 bits per heavy atom. The lowest BCUT2D eigenvalue weighted by Crippen LogP contribution is -2.63. The molecule has 0 spiro atoms. The van der Waals surface area contributed by atoms with Gasteiger partial charge in [0.05, 0.1) is 30.5 Å². The highest BCUT2D eigenvalue weighted by atomic mass is 32.2. The van der Waals surface area contributed by atoms with Gasteiger partial charge < -0.3 is 59.2 Å². The van der Waals surface area contributed by atoms with Gasteiger partial charge in [0.25, 0.3) is 5.69 Å². The lowest BCUT2D eigenvalue weighted by atomic mass is 10.1. The normalized spacial score (nSPS) is 14.7. The fraction of sp³-hybridized carbons (Fsp3) is 0.778. The van der Waals surface area contributed by atoms with Crippen LogP contribution >= 0.6 is 0 Å². The lowest BCUT2D eigenvalue weighted by Gasteiger charge is -2.45. The van der Waals surface area contributed by atoms with Crippen LogP contribution in [0.1, 0.15) is 58.4 Å². The smallest absolute Gasteiger partial charge is 0.314 e. The SMILES string of the molecule is CCCC[Si](C)(C)O[Si](C)(C)O[Si](C)(C)O[Si](C)(C)O[Si](C)(C)O[Si](C)(C)O[Si](C)(C)O[Si](C)(C)O[Si](C)(C)O[Si](C)(C)O[Si](C)(C)O[Si](C)(C)O[Si](C)(C)CCC[N+](C)(C)Cc1ccc(Nc2ccc(S(=O)(=O)NCCCC(C)C)cc2[N+](=O)[O-])cc1. The van der Waals surface area contributed by atoms with Gasteiger partial charge >= 0.3 is 94.2 Å². The third-order valence-electron chi connectivity index (χ3n) is 13.2. The molecule has 34 heteroatoms. The van der Waals surface area contributed by atoms with E-state index < -0.39 is 126 Å². The van der Waals surface area contributed by atoms with Gasteiger partial charge in [-0.1, -0.05) is 45.7 Å². The molecule has 512 valence electrons. The number of quaternary nitrogens is 1. The summed E-state index contributed by atoms with van der Waals surface area (Å²) in [5.74, 6) is 0.448. The quantitative estimate of drug-likeness (QED) is 0.0208. The molecule has 2 aromatic carbocycles. The van der Waals surface area contributed by atoms with Crippen LogP contribution in [-0.4, -0.2) is 156 Å². The van der Waals surface area contributed by atoms with E-state index in [0.717, 1.165) is 60.6 Å². The second kappa shape index (κ2) is 31.8. The summed E-state index contributed by atoms with van der Waals surface area (Å²) in [6, 6.07) is 13.8. The number of anilines is 2. The van der Waals surface area contributed by atoms with Gasteiger partial charge in [0.15, 0.2) is 16.6 Å². The van der Waals surface area contributed by atoms with Gasteiger partial charge in [0.1, 0.15) is 12.2 Å². The zero-order chi connectivity index (χ0) is 68.5. The molecule has 0 radical (unpaired) electrons. The number of nitro groups is 1. The minimum absolute atomic E-state index is 0.142. The minimum atomic E-state index is -3.90. The zero-order valence-electron chi connectivity index (χ0n) is 60.5. The molecule has 88 heavy (non-hydrogen) atoms. The Morgan fingerprint density at radius 3 is 1.14 bits per heavy atom. The Morgan fingerprint density at radius 2 is 0.818 bits per heavy atom. The number of sulfonamides is 1. The van der Waals surface area contributed by atoms with Crippen LogP contribution in [-0.2, 0) is 65.9 Å². The summed E-state index contributed by atoms with van der Waals surface area (Å²) in [6.07, 6.45) is 4.86. The molecule has 0 aliphatic heterocycles. The molecule has 0 saturated carbocycles. The second-order valence-electron chi connectivity index (χ2n) is 30.9. The average molecular weight is 1480 g/mol. The van der Waals surface area contributed by atoms with Crippen molar-refractivity contribution in [3.8, 4) is 0 Å². The summed E-state index contributed by atoms with van der Waals surface area (Å²) in [5.41, 5.74) is 1.67. The third kappa shape index (κ3) is 34.0. The molecule has 2 rings (SSSR count). The maximum Gasteiger partial charge on any atom is 0.314 e. The molecule has 0 saturated heterocycles. The van der Waals surface area contributed by atoms with Crippen molar-refractivity contribution in [2.75, 3.05) is 32.5 Å². The standard InChI is InChI=1S/C54H123N4O16SSi13/c1-32-33-45-76(6,7)63-78(10,11)65-80(14,15)67-82(18,19)69-84(22,23)71-86(26,27)73-88(30,31)74-87(28,29)72-85(24,25)70-83(20,21)68-81(16,17)66-79(12,13)64-77(8,9)46-35-44-58(4,5)48-50-37-39-51(40-38-50)56-53-42-41-52(47-54(53)57(59)60)75(61,62)55-43-34-36-49(2)3/h37-42,47,49,55-56H,32-36,43-46,48H2,1-31H3/q+1. The van der Waals surface area contributed by atoms with Crippen LogP contribution in [0, 0.1) is 16.0 Å². The van der Waals surface area contributed by atoms with Crippen molar-refractivity contribution >= 4 is 138 Å². The van der Waals surface area contributed by atoms with E-state index in [1.54, 1.807) is 0 Å².